The largest absolute Gasteiger partial charge is 0.480 e. The highest BCUT2D eigenvalue weighted by Gasteiger charge is 2.37. The lowest BCUT2D eigenvalue weighted by molar-refractivity contribution is -0.140. The van der Waals surface area contributed by atoms with Gasteiger partial charge in [0, 0.05) is 35.7 Å². The van der Waals surface area contributed by atoms with E-state index >= 15 is 0 Å². The Labute approximate surface area is 163 Å². The zero-order valence-corrected chi connectivity index (χ0v) is 16.3. The Kier molecular flexibility index (Phi) is 6.84. The highest BCUT2D eigenvalue weighted by atomic mass is 35.5. The first kappa shape index (κ1) is 19.5. The lowest BCUT2D eigenvalue weighted by Gasteiger charge is -2.42. The number of thioether (sulfide) groups is 1. The van der Waals surface area contributed by atoms with Crippen molar-refractivity contribution in [3.63, 3.8) is 0 Å². The molecule has 0 unspecified atom stereocenters. The molecule has 3 rings (SSSR count). The molecule has 0 aromatic heterocycles. The summed E-state index contributed by atoms with van der Waals surface area (Å²) in [5.74, 6) is 0.651. The smallest absolute Gasteiger partial charge is 0.317 e. The predicted molar refractivity (Wildman–Crippen MR) is 104 cm³/mol. The van der Waals surface area contributed by atoms with Crippen LogP contribution in [-0.2, 0) is 9.59 Å². The summed E-state index contributed by atoms with van der Waals surface area (Å²) in [5, 5.41) is 12.9. The van der Waals surface area contributed by atoms with Gasteiger partial charge in [-0.15, -0.1) is 11.8 Å². The second-order valence-corrected chi connectivity index (χ2v) is 8.73. The Morgan fingerprint density at radius 3 is 2.65 bits per heavy atom. The molecule has 7 heteroatoms. The van der Waals surface area contributed by atoms with Crippen LogP contribution in [0, 0.1) is 5.92 Å². The van der Waals surface area contributed by atoms with Crippen molar-refractivity contribution in [3.8, 4) is 0 Å². The third kappa shape index (κ3) is 5.89. The predicted octanol–water partition coefficient (Wildman–Crippen LogP) is 3.27. The first-order valence-electron chi connectivity index (χ1n) is 9.14. The van der Waals surface area contributed by atoms with Crippen LogP contribution in [0.5, 0.6) is 0 Å². The fourth-order valence-corrected chi connectivity index (χ4v) is 4.46. The number of hydrogen-bond donors (Lipinski definition) is 2. The summed E-state index contributed by atoms with van der Waals surface area (Å²) in [7, 11) is 0. The molecule has 0 heterocycles. The van der Waals surface area contributed by atoms with Crippen LogP contribution in [0.1, 0.15) is 32.1 Å². The van der Waals surface area contributed by atoms with Crippen LogP contribution in [0.15, 0.2) is 29.2 Å². The molecule has 2 aliphatic rings. The van der Waals surface area contributed by atoms with Crippen molar-refractivity contribution in [2.24, 2.45) is 5.92 Å². The number of amides is 1. The second kappa shape index (κ2) is 9.11. The first-order valence-corrected chi connectivity index (χ1v) is 10.5. The molecule has 5 nitrogen and oxygen atoms in total. The van der Waals surface area contributed by atoms with Gasteiger partial charge in [-0.05, 0) is 43.7 Å². The van der Waals surface area contributed by atoms with Gasteiger partial charge in [0.05, 0.1) is 11.6 Å². The Bertz CT molecular complexity index is 647. The van der Waals surface area contributed by atoms with Gasteiger partial charge in [0.25, 0.3) is 0 Å². The first-order chi connectivity index (χ1) is 12.5. The van der Waals surface area contributed by atoms with Gasteiger partial charge in [-0.1, -0.05) is 23.7 Å². The van der Waals surface area contributed by atoms with Crippen LogP contribution in [0.25, 0.3) is 0 Å². The number of nitrogens with one attached hydrogen (secondary N) is 1. The normalized spacial score (nSPS) is 22.1. The topological polar surface area (TPSA) is 69.6 Å². The average molecular weight is 397 g/mol. The minimum Gasteiger partial charge on any atom is -0.480 e. The summed E-state index contributed by atoms with van der Waals surface area (Å²) < 4.78 is 0. The second-order valence-electron chi connectivity index (χ2n) is 7.19. The van der Waals surface area contributed by atoms with Crippen LogP contribution in [0.4, 0.5) is 0 Å². The van der Waals surface area contributed by atoms with Crippen molar-refractivity contribution in [2.75, 3.05) is 18.8 Å². The highest BCUT2D eigenvalue weighted by Crippen LogP contribution is 2.34. The molecule has 1 aromatic carbocycles. The van der Waals surface area contributed by atoms with E-state index in [1.54, 1.807) is 11.8 Å². The van der Waals surface area contributed by atoms with Gasteiger partial charge in [0.15, 0.2) is 0 Å². The maximum Gasteiger partial charge on any atom is 0.317 e. The van der Waals surface area contributed by atoms with E-state index in [4.69, 9.17) is 16.7 Å². The molecule has 1 aromatic rings. The molecule has 2 aliphatic carbocycles. The fraction of sp³-hybridized carbons (Fsp3) is 0.579. The van der Waals surface area contributed by atoms with E-state index in [1.165, 1.54) is 12.8 Å². The molecule has 0 spiro atoms. The van der Waals surface area contributed by atoms with E-state index in [-0.39, 0.29) is 24.5 Å². The van der Waals surface area contributed by atoms with Gasteiger partial charge >= 0.3 is 5.97 Å². The number of carboxylic acids is 1. The molecule has 26 heavy (non-hydrogen) atoms. The Morgan fingerprint density at radius 2 is 2.00 bits per heavy atom. The average Bonchev–Trinajstić information content (AvgIpc) is 3.35. The third-order valence-corrected chi connectivity index (χ3v) is 6.46. The molecule has 0 atom stereocenters. The van der Waals surface area contributed by atoms with Crippen LogP contribution in [0.2, 0.25) is 5.02 Å². The summed E-state index contributed by atoms with van der Waals surface area (Å²) in [6, 6.07) is 8.10. The summed E-state index contributed by atoms with van der Waals surface area (Å²) in [5.41, 5.74) is 0. The van der Waals surface area contributed by atoms with Crippen molar-refractivity contribution in [3.05, 3.63) is 29.3 Å². The van der Waals surface area contributed by atoms with Gasteiger partial charge < -0.3 is 10.4 Å². The lowest BCUT2D eigenvalue weighted by atomic mass is 9.85. The minimum absolute atomic E-state index is 0.0555. The number of halogens is 1. The molecule has 2 fully saturated rings. The van der Waals surface area contributed by atoms with Crippen LogP contribution in [0.3, 0.4) is 0 Å². The molecule has 0 bridgehead atoms. The third-order valence-electron chi connectivity index (χ3n) is 4.95. The Balaban J connectivity index is 1.34. The standard InChI is InChI=1S/C19H25ClN2O3S/c20-16-3-1-2-4-17(16)26-8-7-18(23)21-14-9-15(10-14)22(12-19(24)25)11-13-5-6-13/h1-4,13-15H,5-12H2,(H,21,23)(H,24,25). The number of aliphatic carboxylic acids is 1. The van der Waals surface area contributed by atoms with Gasteiger partial charge in [0.2, 0.25) is 5.91 Å². The molecule has 2 saturated carbocycles. The number of carbonyl (C=O) groups excluding carboxylic acids is 1. The van der Waals surface area contributed by atoms with Crippen molar-refractivity contribution in [1.82, 2.24) is 10.2 Å². The number of carbonyl (C=O) groups is 2. The SMILES string of the molecule is O=C(O)CN(CC1CC1)C1CC(NC(=O)CCSc2ccccc2Cl)C1. The van der Waals surface area contributed by atoms with E-state index < -0.39 is 5.97 Å². The molecule has 0 saturated heterocycles. The molecule has 2 N–H and O–H groups in total. The van der Waals surface area contributed by atoms with Crippen LogP contribution >= 0.6 is 23.4 Å². The molecular formula is C19H25ClN2O3S. The van der Waals surface area contributed by atoms with Crippen molar-refractivity contribution in [1.29, 1.82) is 0 Å². The molecule has 142 valence electrons. The van der Waals surface area contributed by atoms with Gasteiger partial charge in [-0.2, -0.15) is 0 Å². The number of carboxylic acid groups (broad SMARTS) is 1. The van der Waals surface area contributed by atoms with Gasteiger partial charge in [-0.25, -0.2) is 0 Å². The van der Waals surface area contributed by atoms with E-state index in [0.29, 0.717) is 23.1 Å². The van der Waals surface area contributed by atoms with Gasteiger partial charge in [-0.3, -0.25) is 14.5 Å². The van der Waals surface area contributed by atoms with Crippen LogP contribution in [-0.4, -0.2) is 52.8 Å². The fourth-order valence-electron chi connectivity index (χ4n) is 3.27. The maximum atomic E-state index is 12.1. The van der Waals surface area contributed by atoms with E-state index in [9.17, 15) is 9.59 Å². The van der Waals surface area contributed by atoms with Gasteiger partial charge in [0.1, 0.15) is 0 Å². The van der Waals surface area contributed by atoms with Crippen molar-refractivity contribution >= 4 is 35.2 Å². The van der Waals surface area contributed by atoms with Crippen molar-refractivity contribution in [2.45, 2.75) is 49.1 Å². The van der Waals surface area contributed by atoms with Crippen LogP contribution < -0.4 is 5.32 Å². The Hall–Kier alpha value is -1.24. The van der Waals surface area contributed by atoms with E-state index in [1.807, 2.05) is 24.3 Å². The number of rotatable bonds is 10. The molecule has 0 radical (unpaired) electrons. The monoisotopic (exact) mass is 396 g/mol. The van der Waals surface area contributed by atoms with E-state index in [0.717, 1.165) is 24.3 Å². The summed E-state index contributed by atoms with van der Waals surface area (Å²) in [6.07, 6.45) is 4.59. The lowest BCUT2D eigenvalue weighted by Crippen LogP contribution is -2.55. The molecule has 0 aliphatic heterocycles. The highest BCUT2D eigenvalue weighted by molar-refractivity contribution is 7.99. The Morgan fingerprint density at radius 1 is 1.27 bits per heavy atom. The number of benzene rings is 1. The molecular weight excluding hydrogens is 372 g/mol. The number of hydrogen-bond acceptors (Lipinski definition) is 4. The zero-order valence-electron chi connectivity index (χ0n) is 14.7. The minimum atomic E-state index is -0.769. The molecule has 1 amide bonds. The summed E-state index contributed by atoms with van der Waals surface area (Å²) in [6.45, 7) is 0.989. The van der Waals surface area contributed by atoms with E-state index in [2.05, 4.69) is 10.2 Å². The quantitative estimate of drug-likeness (QED) is 0.594. The number of nitrogens with zero attached hydrogens (tertiary/aromatic N) is 1. The summed E-state index contributed by atoms with van der Waals surface area (Å²) in [4.78, 5) is 26.2. The maximum absolute atomic E-state index is 12.1. The summed E-state index contributed by atoms with van der Waals surface area (Å²) >= 11 is 7.70. The zero-order chi connectivity index (χ0) is 18.5. The van der Waals surface area contributed by atoms with Crippen molar-refractivity contribution < 1.29 is 14.7 Å².